The molecule has 7 nitrogen and oxygen atoms in total. The maximum atomic E-state index is 11.1. The normalized spacial score (nSPS) is 10.9. The van der Waals surface area contributed by atoms with Crippen LogP contribution in [0.1, 0.15) is 0 Å². The van der Waals surface area contributed by atoms with Crippen LogP contribution in [0, 0.1) is 0 Å². The molecule has 0 fully saturated rings. The SMILES string of the molecule is CNCC(=O)NNc1ccc(S(N)(=O)=O)cc1. The van der Waals surface area contributed by atoms with Crippen LogP contribution in [-0.2, 0) is 14.8 Å². The predicted molar refractivity (Wildman–Crippen MR) is 63.5 cm³/mol. The molecule has 0 aromatic heterocycles. The van der Waals surface area contributed by atoms with E-state index in [1.807, 2.05) is 0 Å². The molecule has 0 bridgehead atoms. The smallest absolute Gasteiger partial charge is 0.252 e. The summed E-state index contributed by atoms with van der Waals surface area (Å²) in [6, 6.07) is 5.70. The monoisotopic (exact) mass is 258 g/mol. The number of rotatable bonds is 5. The van der Waals surface area contributed by atoms with Gasteiger partial charge in [0.2, 0.25) is 10.0 Å². The highest BCUT2D eigenvalue weighted by atomic mass is 32.2. The van der Waals surface area contributed by atoms with E-state index in [0.717, 1.165) is 0 Å². The van der Waals surface area contributed by atoms with Gasteiger partial charge in [0, 0.05) is 0 Å². The van der Waals surface area contributed by atoms with Crippen molar-refractivity contribution in [2.45, 2.75) is 4.90 Å². The molecule has 94 valence electrons. The molecular formula is C9H14N4O3S. The second-order valence-electron chi connectivity index (χ2n) is 3.27. The standard InChI is InChI=1S/C9H14N4O3S/c1-11-6-9(14)13-12-7-2-4-8(5-3-7)17(10,15)16/h2-5,11-12H,6H2,1H3,(H,13,14)(H2,10,15,16). The number of nitrogens with two attached hydrogens (primary N) is 1. The predicted octanol–water partition coefficient (Wildman–Crippen LogP) is -1.00. The van der Waals surface area contributed by atoms with Crippen LogP contribution < -0.4 is 21.3 Å². The maximum absolute atomic E-state index is 11.1. The lowest BCUT2D eigenvalue weighted by molar-refractivity contribution is -0.119. The van der Waals surface area contributed by atoms with Gasteiger partial charge >= 0.3 is 0 Å². The third-order valence-electron chi connectivity index (χ3n) is 1.87. The molecule has 17 heavy (non-hydrogen) atoms. The Labute approximate surface area is 99.4 Å². The Hall–Kier alpha value is -1.64. The Morgan fingerprint density at radius 3 is 2.35 bits per heavy atom. The van der Waals surface area contributed by atoms with Crippen molar-refractivity contribution in [3.63, 3.8) is 0 Å². The minimum absolute atomic E-state index is 0.0181. The van der Waals surface area contributed by atoms with E-state index in [4.69, 9.17) is 5.14 Å². The zero-order valence-corrected chi connectivity index (χ0v) is 10.0. The van der Waals surface area contributed by atoms with Gasteiger partial charge in [-0.2, -0.15) is 0 Å². The minimum atomic E-state index is -3.68. The van der Waals surface area contributed by atoms with Crippen LogP contribution in [0.3, 0.4) is 0 Å². The molecule has 0 heterocycles. The van der Waals surface area contributed by atoms with E-state index in [1.54, 1.807) is 7.05 Å². The number of carbonyl (C=O) groups excluding carboxylic acids is 1. The van der Waals surface area contributed by atoms with Crippen molar-refractivity contribution >= 4 is 21.6 Å². The van der Waals surface area contributed by atoms with E-state index < -0.39 is 10.0 Å². The van der Waals surface area contributed by atoms with Crippen LogP contribution in [-0.4, -0.2) is 27.9 Å². The first kappa shape index (κ1) is 13.4. The number of hydrogen-bond acceptors (Lipinski definition) is 5. The van der Waals surface area contributed by atoms with Gasteiger partial charge in [0.1, 0.15) is 0 Å². The lowest BCUT2D eigenvalue weighted by Gasteiger charge is -2.08. The molecule has 0 atom stereocenters. The van der Waals surface area contributed by atoms with Crippen molar-refractivity contribution in [1.82, 2.24) is 10.7 Å². The highest BCUT2D eigenvalue weighted by Crippen LogP contribution is 2.11. The van der Waals surface area contributed by atoms with Crippen LogP contribution in [0.25, 0.3) is 0 Å². The van der Waals surface area contributed by atoms with E-state index in [0.29, 0.717) is 5.69 Å². The Morgan fingerprint density at radius 2 is 1.88 bits per heavy atom. The molecule has 0 aliphatic carbocycles. The summed E-state index contributed by atoms with van der Waals surface area (Å²) in [6.07, 6.45) is 0. The van der Waals surface area contributed by atoms with Gasteiger partial charge in [-0.25, -0.2) is 13.6 Å². The molecule has 0 unspecified atom stereocenters. The van der Waals surface area contributed by atoms with Gasteiger partial charge in [0.05, 0.1) is 17.1 Å². The number of sulfonamides is 1. The molecule has 0 saturated heterocycles. The molecule has 5 N–H and O–H groups in total. The number of hydrazine groups is 1. The van der Waals surface area contributed by atoms with Gasteiger partial charge in [-0.3, -0.25) is 15.6 Å². The summed E-state index contributed by atoms with van der Waals surface area (Å²) in [5, 5.41) is 7.63. The van der Waals surface area contributed by atoms with Crippen LogP contribution in [0.4, 0.5) is 5.69 Å². The third-order valence-corrected chi connectivity index (χ3v) is 2.80. The zero-order chi connectivity index (χ0) is 12.9. The second-order valence-corrected chi connectivity index (χ2v) is 4.83. The Kier molecular flexibility index (Phi) is 4.44. The number of primary sulfonamides is 1. The molecule has 0 aliphatic rings. The Bertz CT molecular complexity index is 483. The van der Waals surface area contributed by atoms with Crippen molar-refractivity contribution in [3.05, 3.63) is 24.3 Å². The molecule has 8 heteroatoms. The fraction of sp³-hybridized carbons (Fsp3) is 0.222. The van der Waals surface area contributed by atoms with Crippen molar-refractivity contribution in [1.29, 1.82) is 0 Å². The number of carbonyl (C=O) groups is 1. The summed E-state index contributed by atoms with van der Waals surface area (Å²) in [7, 11) is -2.03. The summed E-state index contributed by atoms with van der Waals surface area (Å²) < 4.78 is 21.9. The van der Waals surface area contributed by atoms with Crippen LogP contribution in [0.5, 0.6) is 0 Å². The van der Waals surface area contributed by atoms with Crippen molar-refractivity contribution < 1.29 is 13.2 Å². The first-order valence-corrected chi connectivity index (χ1v) is 6.30. The van der Waals surface area contributed by atoms with Gasteiger partial charge < -0.3 is 5.32 Å². The largest absolute Gasteiger partial charge is 0.311 e. The Balaban J connectivity index is 2.60. The highest BCUT2D eigenvalue weighted by molar-refractivity contribution is 7.89. The number of nitrogens with one attached hydrogen (secondary N) is 3. The zero-order valence-electron chi connectivity index (χ0n) is 9.23. The number of hydrogen-bond donors (Lipinski definition) is 4. The molecule has 0 saturated carbocycles. The summed E-state index contributed by atoms with van der Waals surface area (Å²) in [5.74, 6) is -0.233. The van der Waals surface area contributed by atoms with Crippen molar-refractivity contribution in [3.8, 4) is 0 Å². The summed E-state index contributed by atoms with van der Waals surface area (Å²) in [4.78, 5) is 11.1. The van der Waals surface area contributed by atoms with Gasteiger partial charge in [0.25, 0.3) is 5.91 Å². The third kappa shape index (κ3) is 4.39. The molecule has 1 rings (SSSR count). The molecule has 1 aromatic rings. The molecular weight excluding hydrogens is 244 g/mol. The van der Waals surface area contributed by atoms with Crippen LogP contribution in [0.2, 0.25) is 0 Å². The fourth-order valence-electron chi connectivity index (χ4n) is 1.07. The average Bonchev–Trinajstić information content (AvgIpc) is 2.26. The van der Waals surface area contributed by atoms with E-state index in [-0.39, 0.29) is 17.3 Å². The van der Waals surface area contributed by atoms with E-state index in [2.05, 4.69) is 16.2 Å². The number of benzene rings is 1. The van der Waals surface area contributed by atoms with Crippen LogP contribution in [0.15, 0.2) is 29.2 Å². The topological polar surface area (TPSA) is 113 Å². The lowest BCUT2D eigenvalue weighted by Crippen LogP contribution is -2.35. The van der Waals surface area contributed by atoms with Crippen molar-refractivity contribution in [2.75, 3.05) is 19.0 Å². The fourth-order valence-corrected chi connectivity index (χ4v) is 1.59. The first-order valence-electron chi connectivity index (χ1n) is 4.76. The molecule has 0 spiro atoms. The van der Waals surface area contributed by atoms with Gasteiger partial charge in [-0.05, 0) is 31.3 Å². The number of anilines is 1. The Morgan fingerprint density at radius 1 is 1.29 bits per heavy atom. The van der Waals surface area contributed by atoms with E-state index >= 15 is 0 Å². The van der Waals surface area contributed by atoms with Crippen LogP contribution >= 0.6 is 0 Å². The second kappa shape index (κ2) is 5.62. The summed E-state index contributed by atoms with van der Waals surface area (Å²) in [5.41, 5.74) is 5.62. The highest BCUT2D eigenvalue weighted by Gasteiger charge is 2.06. The number of likely N-dealkylation sites (N-methyl/N-ethyl adjacent to an activating group) is 1. The van der Waals surface area contributed by atoms with Gasteiger partial charge in [0.15, 0.2) is 0 Å². The average molecular weight is 258 g/mol. The first-order chi connectivity index (χ1) is 7.93. The lowest BCUT2D eigenvalue weighted by atomic mass is 10.3. The minimum Gasteiger partial charge on any atom is -0.311 e. The van der Waals surface area contributed by atoms with Gasteiger partial charge in [-0.15, -0.1) is 0 Å². The summed E-state index contributed by atoms with van der Waals surface area (Å²) >= 11 is 0. The van der Waals surface area contributed by atoms with Crippen molar-refractivity contribution in [2.24, 2.45) is 5.14 Å². The van der Waals surface area contributed by atoms with Gasteiger partial charge in [-0.1, -0.05) is 0 Å². The summed E-state index contributed by atoms with van der Waals surface area (Å²) in [6.45, 7) is 0.183. The molecule has 1 aromatic carbocycles. The quantitative estimate of drug-likeness (QED) is 0.506. The maximum Gasteiger partial charge on any atom is 0.252 e. The van der Waals surface area contributed by atoms with E-state index in [1.165, 1.54) is 24.3 Å². The molecule has 0 radical (unpaired) electrons. The molecule has 1 amide bonds. The number of amides is 1. The molecule has 0 aliphatic heterocycles. The van der Waals surface area contributed by atoms with E-state index in [9.17, 15) is 13.2 Å².